The standard InChI is InChI=1S/C13H15BrN2O2/c1-7(2)16-12(13(17)18)10-6-15-11-4-3-8(14)5-9(10)11/h3-7,12,15-16H,1-2H3,(H,17,18). The molecule has 1 atom stereocenters. The fraction of sp³-hybridized carbons (Fsp3) is 0.308. The number of H-pyrrole nitrogens is 1. The van der Waals surface area contributed by atoms with Gasteiger partial charge in [-0.2, -0.15) is 0 Å². The van der Waals surface area contributed by atoms with E-state index in [-0.39, 0.29) is 6.04 Å². The molecule has 2 aromatic rings. The molecule has 0 aliphatic carbocycles. The van der Waals surface area contributed by atoms with E-state index in [1.807, 2.05) is 32.0 Å². The molecular weight excluding hydrogens is 296 g/mol. The Labute approximate surface area is 114 Å². The van der Waals surface area contributed by atoms with Crippen LogP contribution in [0.15, 0.2) is 28.9 Å². The highest BCUT2D eigenvalue weighted by atomic mass is 79.9. The zero-order valence-electron chi connectivity index (χ0n) is 10.2. The molecule has 0 saturated heterocycles. The Kier molecular flexibility index (Phi) is 3.73. The van der Waals surface area contributed by atoms with Crippen LogP contribution in [0.5, 0.6) is 0 Å². The largest absolute Gasteiger partial charge is 0.480 e. The van der Waals surface area contributed by atoms with Crippen molar-refractivity contribution < 1.29 is 9.90 Å². The smallest absolute Gasteiger partial charge is 0.325 e. The highest BCUT2D eigenvalue weighted by Gasteiger charge is 2.23. The molecule has 3 N–H and O–H groups in total. The van der Waals surface area contributed by atoms with Crippen LogP contribution in [0.1, 0.15) is 25.5 Å². The van der Waals surface area contributed by atoms with Crippen LogP contribution in [-0.2, 0) is 4.79 Å². The Hall–Kier alpha value is -1.33. The number of aromatic amines is 1. The minimum Gasteiger partial charge on any atom is -0.480 e. The minimum atomic E-state index is -0.871. The summed E-state index contributed by atoms with van der Waals surface area (Å²) in [6.07, 6.45) is 1.76. The monoisotopic (exact) mass is 310 g/mol. The Morgan fingerprint density at radius 1 is 1.44 bits per heavy atom. The molecule has 2 rings (SSSR count). The number of carboxylic acid groups (broad SMARTS) is 1. The number of aliphatic carboxylic acids is 1. The summed E-state index contributed by atoms with van der Waals surface area (Å²) in [4.78, 5) is 14.5. The second kappa shape index (κ2) is 5.12. The van der Waals surface area contributed by atoms with E-state index in [2.05, 4.69) is 26.2 Å². The molecule has 0 aliphatic heterocycles. The molecule has 1 aromatic heterocycles. The second-order valence-electron chi connectivity index (χ2n) is 4.53. The van der Waals surface area contributed by atoms with Gasteiger partial charge >= 0.3 is 5.97 Å². The van der Waals surface area contributed by atoms with Crippen LogP contribution in [-0.4, -0.2) is 22.1 Å². The summed E-state index contributed by atoms with van der Waals surface area (Å²) in [5, 5.41) is 13.3. The third kappa shape index (κ3) is 2.57. The molecule has 1 aromatic carbocycles. The molecule has 1 unspecified atom stereocenters. The molecule has 96 valence electrons. The Morgan fingerprint density at radius 3 is 2.78 bits per heavy atom. The lowest BCUT2D eigenvalue weighted by Gasteiger charge is -2.16. The number of nitrogens with one attached hydrogen (secondary N) is 2. The van der Waals surface area contributed by atoms with Crippen LogP contribution in [0.25, 0.3) is 10.9 Å². The van der Waals surface area contributed by atoms with Gasteiger partial charge in [0.2, 0.25) is 0 Å². The molecule has 1 heterocycles. The summed E-state index contributed by atoms with van der Waals surface area (Å²) in [6, 6.07) is 5.18. The summed E-state index contributed by atoms with van der Waals surface area (Å²) in [7, 11) is 0. The fourth-order valence-corrected chi connectivity index (χ4v) is 2.34. The molecule has 4 nitrogen and oxygen atoms in total. The summed E-state index contributed by atoms with van der Waals surface area (Å²) in [6.45, 7) is 3.86. The van der Waals surface area contributed by atoms with Gasteiger partial charge in [-0.15, -0.1) is 0 Å². The van der Waals surface area contributed by atoms with Crippen molar-refractivity contribution in [2.24, 2.45) is 0 Å². The van der Waals surface area contributed by atoms with E-state index in [4.69, 9.17) is 0 Å². The minimum absolute atomic E-state index is 0.100. The third-order valence-electron chi connectivity index (χ3n) is 2.73. The molecule has 0 spiro atoms. The van der Waals surface area contributed by atoms with E-state index in [1.54, 1.807) is 6.20 Å². The third-order valence-corrected chi connectivity index (χ3v) is 3.23. The van der Waals surface area contributed by atoms with Gasteiger partial charge in [-0.05, 0) is 32.0 Å². The maximum absolute atomic E-state index is 11.4. The van der Waals surface area contributed by atoms with Crippen molar-refractivity contribution in [2.75, 3.05) is 0 Å². The van der Waals surface area contributed by atoms with Crippen molar-refractivity contribution in [2.45, 2.75) is 25.9 Å². The molecule has 0 bridgehead atoms. The number of benzene rings is 1. The van der Waals surface area contributed by atoms with Gasteiger partial charge in [-0.1, -0.05) is 15.9 Å². The zero-order valence-corrected chi connectivity index (χ0v) is 11.8. The topological polar surface area (TPSA) is 65.1 Å². The number of fused-ring (bicyclic) bond motifs is 1. The molecule has 18 heavy (non-hydrogen) atoms. The van der Waals surface area contributed by atoms with Crippen molar-refractivity contribution in [3.8, 4) is 0 Å². The van der Waals surface area contributed by atoms with Crippen molar-refractivity contribution in [3.05, 3.63) is 34.4 Å². The van der Waals surface area contributed by atoms with Gasteiger partial charge in [0.15, 0.2) is 0 Å². The van der Waals surface area contributed by atoms with Crippen LogP contribution >= 0.6 is 15.9 Å². The first-order valence-electron chi connectivity index (χ1n) is 5.74. The molecule has 0 amide bonds. The van der Waals surface area contributed by atoms with E-state index in [1.165, 1.54) is 0 Å². The van der Waals surface area contributed by atoms with Crippen LogP contribution in [0.2, 0.25) is 0 Å². The number of carboxylic acids is 1. The lowest BCUT2D eigenvalue weighted by Crippen LogP contribution is -2.33. The molecule has 5 heteroatoms. The number of halogens is 1. The van der Waals surface area contributed by atoms with E-state index in [9.17, 15) is 9.90 Å². The Bertz CT molecular complexity index is 577. The summed E-state index contributed by atoms with van der Waals surface area (Å²) < 4.78 is 0.935. The predicted molar refractivity (Wildman–Crippen MR) is 74.6 cm³/mol. The number of rotatable bonds is 4. The van der Waals surface area contributed by atoms with Gasteiger partial charge < -0.3 is 10.1 Å². The highest BCUT2D eigenvalue weighted by molar-refractivity contribution is 9.10. The van der Waals surface area contributed by atoms with Gasteiger partial charge in [0.25, 0.3) is 0 Å². The van der Waals surface area contributed by atoms with Crippen LogP contribution < -0.4 is 5.32 Å². The second-order valence-corrected chi connectivity index (χ2v) is 5.44. The Morgan fingerprint density at radius 2 is 2.17 bits per heavy atom. The molecule has 0 saturated carbocycles. The number of carbonyl (C=O) groups is 1. The van der Waals surface area contributed by atoms with E-state index in [0.717, 1.165) is 20.9 Å². The number of hydrogen-bond acceptors (Lipinski definition) is 2. The molecule has 0 radical (unpaired) electrons. The first-order chi connectivity index (χ1) is 8.49. The zero-order chi connectivity index (χ0) is 13.3. The van der Waals surface area contributed by atoms with Crippen LogP contribution in [0.3, 0.4) is 0 Å². The van der Waals surface area contributed by atoms with Crippen LogP contribution in [0.4, 0.5) is 0 Å². The van der Waals surface area contributed by atoms with Crippen molar-refractivity contribution in [1.82, 2.24) is 10.3 Å². The molecular formula is C13H15BrN2O2. The predicted octanol–water partition coefficient (Wildman–Crippen LogP) is 3.05. The van der Waals surface area contributed by atoms with Crippen molar-refractivity contribution in [1.29, 1.82) is 0 Å². The van der Waals surface area contributed by atoms with Gasteiger partial charge in [0.05, 0.1) is 0 Å². The maximum atomic E-state index is 11.4. The lowest BCUT2D eigenvalue weighted by molar-refractivity contribution is -0.139. The Balaban J connectivity index is 2.50. The first-order valence-corrected chi connectivity index (χ1v) is 6.53. The van der Waals surface area contributed by atoms with Crippen molar-refractivity contribution in [3.63, 3.8) is 0 Å². The maximum Gasteiger partial charge on any atom is 0.325 e. The quantitative estimate of drug-likeness (QED) is 0.813. The molecule has 0 aliphatic rings. The molecule has 0 fully saturated rings. The average molecular weight is 311 g/mol. The summed E-state index contributed by atoms with van der Waals surface area (Å²) in [5.74, 6) is -0.871. The first kappa shape index (κ1) is 13.1. The highest BCUT2D eigenvalue weighted by Crippen LogP contribution is 2.27. The van der Waals surface area contributed by atoms with Crippen LogP contribution in [0, 0.1) is 0 Å². The summed E-state index contributed by atoms with van der Waals surface area (Å²) in [5.41, 5.74) is 1.69. The normalized spacial score (nSPS) is 13.1. The van der Waals surface area contributed by atoms with E-state index < -0.39 is 12.0 Å². The lowest BCUT2D eigenvalue weighted by atomic mass is 10.1. The van der Waals surface area contributed by atoms with Gasteiger partial charge in [0, 0.05) is 33.2 Å². The van der Waals surface area contributed by atoms with E-state index >= 15 is 0 Å². The summed E-state index contributed by atoms with van der Waals surface area (Å²) >= 11 is 3.41. The van der Waals surface area contributed by atoms with Gasteiger partial charge in [-0.25, -0.2) is 0 Å². The number of aromatic nitrogens is 1. The SMILES string of the molecule is CC(C)NC(C(=O)O)c1c[nH]c2ccc(Br)cc12. The average Bonchev–Trinajstić information content (AvgIpc) is 2.68. The van der Waals surface area contributed by atoms with Crippen molar-refractivity contribution >= 4 is 32.8 Å². The van der Waals surface area contributed by atoms with Gasteiger partial charge in [-0.3, -0.25) is 10.1 Å². The number of hydrogen-bond donors (Lipinski definition) is 3. The van der Waals surface area contributed by atoms with E-state index in [0.29, 0.717) is 0 Å². The van der Waals surface area contributed by atoms with Gasteiger partial charge in [0.1, 0.15) is 6.04 Å². The fourth-order valence-electron chi connectivity index (χ4n) is 1.98.